The Morgan fingerprint density at radius 2 is 2.06 bits per heavy atom. The van der Waals surface area contributed by atoms with Crippen molar-refractivity contribution in [2.24, 2.45) is 5.92 Å². The standard InChI is InChI=1S/C14H20N2O2/c1-10(2)13-9-16(8-7-15-13)12-5-3-11(4-6-12)14(17)18/h3-6,10,13,15H,7-9H2,1-2H3,(H,17,18). The van der Waals surface area contributed by atoms with Crippen molar-refractivity contribution in [3.05, 3.63) is 29.8 Å². The third-order valence-electron chi connectivity index (χ3n) is 3.49. The van der Waals surface area contributed by atoms with Gasteiger partial charge >= 0.3 is 5.97 Å². The quantitative estimate of drug-likeness (QED) is 0.856. The van der Waals surface area contributed by atoms with E-state index in [4.69, 9.17) is 5.11 Å². The first-order valence-corrected chi connectivity index (χ1v) is 6.39. The molecule has 1 aliphatic heterocycles. The van der Waals surface area contributed by atoms with Crippen molar-refractivity contribution in [1.82, 2.24) is 5.32 Å². The molecule has 4 heteroatoms. The molecule has 0 saturated carbocycles. The molecule has 1 aromatic rings. The Kier molecular flexibility index (Phi) is 3.87. The SMILES string of the molecule is CC(C)C1CN(c2ccc(C(=O)O)cc2)CCN1. The number of anilines is 1. The van der Waals surface area contributed by atoms with Gasteiger partial charge in [-0.1, -0.05) is 13.8 Å². The number of nitrogens with zero attached hydrogens (tertiary/aromatic N) is 1. The number of carbonyl (C=O) groups is 1. The van der Waals surface area contributed by atoms with Gasteiger partial charge in [0.15, 0.2) is 0 Å². The normalized spacial score (nSPS) is 20.2. The molecule has 2 rings (SSSR count). The van der Waals surface area contributed by atoms with Crippen LogP contribution in [0.3, 0.4) is 0 Å². The van der Waals surface area contributed by atoms with Gasteiger partial charge in [-0.05, 0) is 30.2 Å². The van der Waals surface area contributed by atoms with Gasteiger partial charge in [-0.15, -0.1) is 0 Å². The van der Waals surface area contributed by atoms with Crippen LogP contribution < -0.4 is 10.2 Å². The van der Waals surface area contributed by atoms with Gasteiger partial charge in [0.05, 0.1) is 5.56 Å². The van der Waals surface area contributed by atoms with Gasteiger partial charge in [-0.3, -0.25) is 0 Å². The Morgan fingerprint density at radius 3 is 2.61 bits per heavy atom. The van der Waals surface area contributed by atoms with E-state index in [1.54, 1.807) is 12.1 Å². The highest BCUT2D eigenvalue weighted by Crippen LogP contribution is 2.19. The largest absolute Gasteiger partial charge is 0.478 e. The summed E-state index contributed by atoms with van der Waals surface area (Å²) < 4.78 is 0. The van der Waals surface area contributed by atoms with Gasteiger partial charge in [0, 0.05) is 31.4 Å². The van der Waals surface area contributed by atoms with Gasteiger partial charge in [-0.2, -0.15) is 0 Å². The Bertz CT molecular complexity index is 414. The first-order valence-electron chi connectivity index (χ1n) is 6.39. The number of aromatic carboxylic acids is 1. The monoisotopic (exact) mass is 248 g/mol. The molecule has 98 valence electrons. The molecule has 0 amide bonds. The highest BCUT2D eigenvalue weighted by Gasteiger charge is 2.21. The molecule has 1 aromatic carbocycles. The summed E-state index contributed by atoms with van der Waals surface area (Å²) in [5.74, 6) is -0.270. The van der Waals surface area contributed by atoms with Crippen LogP contribution in [0.1, 0.15) is 24.2 Å². The van der Waals surface area contributed by atoms with E-state index >= 15 is 0 Å². The summed E-state index contributed by atoms with van der Waals surface area (Å²) in [5, 5.41) is 12.4. The number of nitrogens with one attached hydrogen (secondary N) is 1. The smallest absolute Gasteiger partial charge is 0.335 e. The molecular formula is C14H20N2O2. The molecule has 1 atom stereocenters. The van der Waals surface area contributed by atoms with Crippen molar-refractivity contribution in [3.63, 3.8) is 0 Å². The van der Waals surface area contributed by atoms with E-state index in [1.165, 1.54) is 0 Å². The van der Waals surface area contributed by atoms with Crippen LogP contribution in [0, 0.1) is 5.92 Å². The lowest BCUT2D eigenvalue weighted by Crippen LogP contribution is -2.52. The lowest BCUT2D eigenvalue weighted by molar-refractivity contribution is 0.0697. The van der Waals surface area contributed by atoms with E-state index in [0.717, 1.165) is 25.3 Å². The van der Waals surface area contributed by atoms with Crippen molar-refractivity contribution in [2.45, 2.75) is 19.9 Å². The van der Waals surface area contributed by atoms with Crippen LogP contribution in [0.4, 0.5) is 5.69 Å². The van der Waals surface area contributed by atoms with Crippen molar-refractivity contribution >= 4 is 11.7 Å². The fourth-order valence-corrected chi connectivity index (χ4v) is 2.27. The van der Waals surface area contributed by atoms with Crippen LogP contribution in [0.15, 0.2) is 24.3 Å². The van der Waals surface area contributed by atoms with Crippen LogP contribution in [0.25, 0.3) is 0 Å². The summed E-state index contributed by atoms with van der Waals surface area (Å²) in [4.78, 5) is 13.1. The first-order chi connectivity index (χ1) is 8.58. The molecule has 0 aromatic heterocycles. The summed E-state index contributed by atoms with van der Waals surface area (Å²) in [5.41, 5.74) is 1.45. The fourth-order valence-electron chi connectivity index (χ4n) is 2.27. The van der Waals surface area contributed by atoms with Crippen LogP contribution in [-0.4, -0.2) is 36.8 Å². The fraction of sp³-hybridized carbons (Fsp3) is 0.500. The maximum absolute atomic E-state index is 10.8. The minimum atomic E-state index is -0.873. The predicted octanol–water partition coefficient (Wildman–Crippen LogP) is 1.82. The number of piperazine rings is 1. The number of benzene rings is 1. The van der Waals surface area contributed by atoms with Gasteiger partial charge in [0.1, 0.15) is 0 Å². The lowest BCUT2D eigenvalue weighted by atomic mass is 10.0. The average molecular weight is 248 g/mol. The average Bonchev–Trinajstić information content (AvgIpc) is 2.39. The number of hydrogen-bond donors (Lipinski definition) is 2. The van der Waals surface area contributed by atoms with Crippen molar-refractivity contribution in [3.8, 4) is 0 Å². The number of rotatable bonds is 3. The van der Waals surface area contributed by atoms with E-state index in [9.17, 15) is 4.79 Å². The van der Waals surface area contributed by atoms with Crippen LogP contribution in [0.2, 0.25) is 0 Å². The Morgan fingerprint density at radius 1 is 1.39 bits per heavy atom. The molecule has 1 unspecified atom stereocenters. The van der Waals surface area contributed by atoms with E-state index in [1.807, 2.05) is 12.1 Å². The third-order valence-corrected chi connectivity index (χ3v) is 3.49. The lowest BCUT2D eigenvalue weighted by Gasteiger charge is -2.37. The van der Waals surface area contributed by atoms with Crippen molar-refractivity contribution < 1.29 is 9.90 Å². The second kappa shape index (κ2) is 5.40. The molecular weight excluding hydrogens is 228 g/mol. The molecule has 1 aliphatic rings. The number of hydrogen-bond acceptors (Lipinski definition) is 3. The van der Waals surface area contributed by atoms with E-state index < -0.39 is 5.97 Å². The third kappa shape index (κ3) is 2.82. The molecule has 0 spiro atoms. The Hall–Kier alpha value is -1.55. The molecule has 0 radical (unpaired) electrons. The number of carboxylic acids is 1. The molecule has 0 aliphatic carbocycles. The second-order valence-corrected chi connectivity index (χ2v) is 5.10. The summed E-state index contributed by atoms with van der Waals surface area (Å²) in [6.45, 7) is 7.35. The molecule has 2 N–H and O–H groups in total. The van der Waals surface area contributed by atoms with E-state index in [-0.39, 0.29) is 0 Å². The Balaban J connectivity index is 2.09. The summed E-state index contributed by atoms with van der Waals surface area (Å²) in [6, 6.07) is 7.63. The van der Waals surface area contributed by atoms with Gasteiger partial charge in [-0.25, -0.2) is 4.79 Å². The van der Waals surface area contributed by atoms with E-state index in [0.29, 0.717) is 17.5 Å². The molecule has 4 nitrogen and oxygen atoms in total. The molecule has 1 heterocycles. The van der Waals surface area contributed by atoms with Crippen LogP contribution >= 0.6 is 0 Å². The molecule has 1 fully saturated rings. The zero-order valence-electron chi connectivity index (χ0n) is 10.9. The van der Waals surface area contributed by atoms with Crippen LogP contribution in [0.5, 0.6) is 0 Å². The molecule has 1 saturated heterocycles. The zero-order chi connectivity index (χ0) is 13.1. The van der Waals surface area contributed by atoms with Crippen molar-refractivity contribution in [2.75, 3.05) is 24.5 Å². The van der Waals surface area contributed by atoms with E-state index in [2.05, 4.69) is 24.1 Å². The van der Waals surface area contributed by atoms with Gasteiger partial charge in [0.25, 0.3) is 0 Å². The van der Waals surface area contributed by atoms with Gasteiger partial charge < -0.3 is 15.3 Å². The first kappa shape index (κ1) is 12.9. The van der Waals surface area contributed by atoms with Crippen molar-refractivity contribution in [1.29, 1.82) is 0 Å². The van der Waals surface area contributed by atoms with Crippen LogP contribution in [-0.2, 0) is 0 Å². The summed E-state index contributed by atoms with van der Waals surface area (Å²) in [7, 11) is 0. The molecule has 18 heavy (non-hydrogen) atoms. The summed E-state index contributed by atoms with van der Waals surface area (Å²) >= 11 is 0. The summed E-state index contributed by atoms with van der Waals surface area (Å²) in [6.07, 6.45) is 0. The number of carboxylic acid groups (broad SMARTS) is 1. The maximum Gasteiger partial charge on any atom is 0.335 e. The Labute approximate surface area is 108 Å². The maximum atomic E-state index is 10.8. The minimum absolute atomic E-state index is 0.342. The zero-order valence-corrected chi connectivity index (χ0v) is 10.9. The van der Waals surface area contributed by atoms with Gasteiger partial charge in [0.2, 0.25) is 0 Å². The second-order valence-electron chi connectivity index (χ2n) is 5.10. The predicted molar refractivity (Wildman–Crippen MR) is 72.2 cm³/mol. The highest BCUT2D eigenvalue weighted by molar-refractivity contribution is 5.88. The minimum Gasteiger partial charge on any atom is -0.478 e. The highest BCUT2D eigenvalue weighted by atomic mass is 16.4. The molecule has 0 bridgehead atoms. The topological polar surface area (TPSA) is 52.6 Å².